The Kier molecular flexibility index (Phi) is 5.90. The molecule has 0 bridgehead atoms. The van der Waals surface area contributed by atoms with E-state index in [2.05, 4.69) is 10.1 Å². The number of rotatable bonds is 6. The van der Waals surface area contributed by atoms with Crippen molar-refractivity contribution in [2.24, 2.45) is 11.8 Å². The van der Waals surface area contributed by atoms with E-state index < -0.39 is 0 Å². The van der Waals surface area contributed by atoms with Gasteiger partial charge in [-0.25, -0.2) is 4.39 Å². The topological polar surface area (TPSA) is 63.4 Å². The maximum absolute atomic E-state index is 13.1. The molecule has 1 aromatic carbocycles. The van der Waals surface area contributed by atoms with Crippen molar-refractivity contribution in [3.8, 4) is 0 Å². The minimum atomic E-state index is -0.316. The highest BCUT2D eigenvalue weighted by Gasteiger charge is 2.32. The number of aromatic nitrogens is 1. The molecule has 6 heteroatoms. The van der Waals surface area contributed by atoms with E-state index in [1.54, 1.807) is 12.1 Å². The van der Waals surface area contributed by atoms with Crippen LogP contribution in [-0.4, -0.2) is 41.3 Å². The summed E-state index contributed by atoms with van der Waals surface area (Å²) in [5, 5.41) is 3.93. The van der Waals surface area contributed by atoms with E-state index in [0.29, 0.717) is 16.8 Å². The van der Waals surface area contributed by atoms with Crippen molar-refractivity contribution >= 4 is 11.6 Å². The van der Waals surface area contributed by atoms with Crippen LogP contribution in [0.5, 0.6) is 0 Å². The standard InChI is InChI=1S/C23H27FN2O3/c1-15-21-20(29-25-15)9-6-16(23(21)28)3-2-12-26-13-10-18(11-14-26)22(27)17-4-7-19(24)8-5-17/h4-5,7-8,16,18H,2-3,6,9-14H2,1H3. The van der Waals surface area contributed by atoms with Gasteiger partial charge in [0.2, 0.25) is 0 Å². The predicted octanol–water partition coefficient (Wildman–Crippen LogP) is 4.24. The molecule has 1 fully saturated rings. The zero-order chi connectivity index (χ0) is 20.4. The van der Waals surface area contributed by atoms with Crippen LogP contribution in [0.2, 0.25) is 0 Å². The van der Waals surface area contributed by atoms with Gasteiger partial charge < -0.3 is 9.42 Å². The summed E-state index contributed by atoms with van der Waals surface area (Å²) in [6, 6.07) is 5.85. The van der Waals surface area contributed by atoms with E-state index in [1.165, 1.54) is 12.1 Å². The lowest BCUT2D eigenvalue weighted by molar-refractivity contribution is 0.0825. The van der Waals surface area contributed by atoms with E-state index in [0.717, 1.165) is 63.9 Å². The number of carbonyl (C=O) groups is 2. The second kappa shape index (κ2) is 8.57. The number of aryl methyl sites for hydroxylation is 2. The minimum Gasteiger partial charge on any atom is -0.360 e. The summed E-state index contributed by atoms with van der Waals surface area (Å²) in [4.78, 5) is 27.7. The van der Waals surface area contributed by atoms with Gasteiger partial charge in [0, 0.05) is 23.8 Å². The van der Waals surface area contributed by atoms with Crippen molar-refractivity contribution in [3.63, 3.8) is 0 Å². The first kappa shape index (κ1) is 20.0. The number of halogens is 1. The molecule has 2 aliphatic rings. The molecule has 2 heterocycles. The molecular formula is C23H27FN2O3. The zero-order valence-corrected chi connectivity index (χ0v) is 16.8. The first-order chi connectivity index (χ1) is 14.0. The van der Waals surface area contributed by atoms with E-state index in [9.17, 15) is 14.0 Å². The summed E-state index contributed by atoms with van der Waals surface area (Å²) in [6.45, 7) is 4.58. The molecule has 1 aromatic heterocycles. The fourth-order valence-corrected chi connectivity index (χ4v) is 4.65. The Balaban J connectivity index is 1.22. The van der Waals surface area contributed by atoms with Gasteiger partial charge in [-0.2, -0.15) is 0 Å². The summed E-state index contributed by atoms with van der Waals surface area (Å²) in [5.41, 5.74) is 2.02. The first-order valence-corrected chi connectivity index (χ1v) is 10.5. The van der Waals surface area contributed by atoms with E-state index >= 15 is 0 Å². The van der Waals surface area contributed by atoms with Crippen LogP contribution in [0.4, 0.5) is 4.39 Å². The number of hydrogen-bond donors (Lipinski definition) is 0. The fraction of sp³-hybridized carbons (Fsp3) is 0.522. The Morgan fingerprint density at radius 1 is 1.21 bits per heavy atom. The number of nitrogens with zero attached hydrogens (tertiary/aromatic N) is 2. The van der Waals surface area contributed by atoms with Gasteiger partial charge in [0.1, 0.15) is 11.6 Å². The summed E-state index contributed by atoms with van der Waals surface area (Å²) in [7, 11) is 0. The molecule has 5 nitrogen and oxygen atoms in total. The van der Waals surface area contributed by atoms with Crippen LogP contribution >= 0.6 is 0 Å². The third-order valence-electron chi connectivity index (χ3n) is 6.38. The molecule has 0 saturated carbocycles. The summed E-state index contributed by atoms with van der Waals surface area (Å²) < 4.78 is 18.3. The average Bonchev–Trinajstić information content (AvgIpc) is 3.12. The van der Waals surface area contributed by atoms with Crippen LogP contribution in [0, 0.1) is 24.6 Å². The highest BCUT2D eigenvalue weighted by atomic mass is 19.1. The van der Waals surface area contributed by atoms with E-state index in [-0.39, 0.29) is 29.2 Å². The molecule has 154 valence electrons. The Morgan fingerprint density at radius 3 is 2.66 bits per heavy atom. The Bertz CT molecular complexity index is 882. The molecule has 0 N–H and O–H groups in total. The fourth-order valence-electron chi connectivity index (χ4n) is 4.65. The Labute approximate surface area is 170 Å². The normalized spacial score (nSPS) is 20.6. The van der Waals surface area contributed by atoms with Crippen molar-refractivity contribution in [1.82, 2.24) is 10.1 Å². The second-order valence-electron chi connectivity index (χ2n) is 8.30. The van der Waals surface area contributed by atoms with Gasteiger partial charge in [-0.05, 0) is 82.9 Å². The summed E-state index contributed by atoms with van der Waals surface area (Å²) in [5.74, 6) is 0.829. The number of ketones is 2. The van der Waals surface area contributed by atoms with Crippen LogP contribution in [0.25, 0.3) is 0 Å². The van der Waals surface area contributed by atoms with Crippen molar-refractivity contribution in [3.05, 3.63) is 52.7 Å². The molecule has 0 amide bonds. The quantitative estimate of drug-likeness (QED) is 0.681. The molecule has 4 rings (SSSR count). The van der Waals surface area contributed by atoms with Gasteiger partial charge in [0.25, 0.3) is 0 Å². The highest BCUT2D eigenvalue weighted by Crippen LogP contribution is 2.30. The van der Waals surface area contributed by atoms with Gasteiger partial charge in [-0.3, -0.25) is 9.59 Å². The molecule has 2 aromatic rings. The van der Waals surface area contributed by atoms with Gasteiger partial charge in [0.05, 0.1) is 11.3 Å². The van der Waals surface area contributed by atoms with Crippen LogP contribution in [0.3, 0.4) is 0 Å². The van der Waals surface area contributed by atoms with Crippen LogP contribution < -0.4 is 0 Å². The number of likely N-dealkylation sites (tertiary alicyclic amines) is 1. The Morgan fingerprint density at radius 2 is 1.93 bits per heavy atom. The summed E-state index contributed by atoms with van der Waals surface area (Å²) in [6.07, 6.45) is 5.17. The van der Waals surface area contributed by atoms with Gasteiger partial charge in [-0.1, -0.05) is 5.16 Å². The number of hydrogen-bond acceptors (Lipinski definition) is 5. The van der Waals surface area contributed by atoms with Crippen molar-refractivity contribution < 1.29 is 18.5 Å². The maximum Gasteiger partial charge on any atom is 0.171 e. The molecular weight excluding hydrogens is 371 g/mol. The first-order valence-electron chi connectivity index (χ1n) is 10.5. The lowest BCUT2D eigenvalue weighted by atomic mass is 9.83. The molecule has 1 aliphatic heterocycles. The van der Waals surface area contributed by atoms with E-state index in [1.807, 2.05) is 6.92 Å². The molecule has 1 unspecified atom stereocenters. The van der Waals surface area contributed by atoms with Crippen LogP contribution in [-0.2, 0) is 6.42 Å². The lowest BCUT2D eigenvalue weighted by Crippen LogP contribution is -2.37. The molecule has 1 aliphatic carbocycles. The van der Waals surface area contributed by atoms with Gasteiger partial charge in [0.15, 0.2) is 11.6 Å². The average molecular weight is 398 g/mol. The van der Waals surface area contributed by atoms with E-state index in [4.69, 9.17) is 4.52 Å². The van der Waals surface area contributed by atoms with Crippen LogP contribution in [0.1, 0.15) is 64.3 Å². The van der Waals surface area contributed by atoms with Gasteiger partial charge >= 0.3 is 0 Å². The predicted molar refractivity (Wildman–Crippen MR) is 107 cm³/mol. The largest absolute Gasteiger partial charge is 0.360 e. The molecule has 1 saturated heterocycles. The monoisotopic (exact) mass is 398 g/mol. The molecule has 0 spiro atoms. The Hall–Kier alpha value is -2.34. The van der Waals surface area contributed by atoms with Gasteiger partial charge in [-0.15, -0.1) is 0 Å². The number of piperidine rings is 1. The van der Waals surface area contributed by atoms with Crippen molar-refractivity contribution in [1.29, 1.82) is 0 Å². The zero-order valence-electron chi connectivity index (χ0n) is 16.8. The third kappa shape index (κ3) is 4.32. The number of benzene rings is 1. The number of carbonyl (C=O) groups excluding carboxylic acids is 2. The lowest BCUT2D eigenvalue weighted by Gasteiger charge is -2.31. The molecule has 29 heavy (non-hydrogen) atoms. The maximum atomic E-state index is 13.1. The number of fused-ring (bicyclic) bond motifs is 1. The number of Topliss-reactive ketones (excluding diaryl/α,β-unsaturated/α-hetero) is 2. The second-order valence-corrected chi connectivity index (χ2v) is 8.30. The van der Waals surface area contributed by atoms with Crippen molar-refractivity contribution in [2.45, 2.75) is 45.4 Å². The minimum absolute atomic E-state index is 0.0200. The van der Waals surface area contributed by atoms with Crippen LogP contribution in [0.15, 0.2) is 28.8 Å². The third-order valence-corrected chi connectivity index (χ3v) is 6.38. The smallest absolute Gasteiger partial charge is 0.171 e. The summed E-state index contributed by atoms with van der Waals surface area (Å²) >= 11 is 0. The SMILES string of the molecule is Cc1noc2c1C(=O)C(CCCN1CCC(C(=O)c3ccc(F)cc3)CC1)CC2. The van der Waals surface area contributed by atoms with Crippen molar-refractivity contribution in [2.75, 3.05) is 19.6 Å². The molecule has 1 atom stereocenters. The highest BCUT2D eigenvalue weighted by molar-refractivity contribution is 6.00. The molecule has 0 radical (unpaired) electrons.